The molecule has 7 heteroatoms. The number of carbonyl (C=O) groups is 1. The molecule has 0 spiro atoms. The van der Waals surface area contributed by atoms with Gasteiger partial charge in [-0.25, -0.2) is 4.98 Å². The number of benzene rings is 3. The van der Waals surface area contributed by atoms with Crippen LogP contribution in [0.2, 0.25) is 0 Å². The highest BCUT2D eigenvalue weighted by Gasteiger charge is 2.20. The number of anilines is 1. The van der Waals surface area contributed by atoms with E-state index in [-0.39, 0.29) is 17.2 Å². The Morgan fingerprint density at radius 3 is 2.26 bits per heavy atom. The van der Waals surface area contributed by atoms with E-state index < -0.39 is 6.10 Å². The summed E-state index contributed by atoms with van der Waals surface area (Å²) in [6, 6.07) is 26.6. The van der Waals surface area contributed by atoms with Crippen molar-refractivity contribution < 1.29 is 15.0 Å². The van der Waals surface area contributed by atoms with Gasteiger partial charge in [0.15, 0.2) is 0 Å². The molecule has 6 N–H and O–H groups in total. The third-order valence-corrected chi connectivity index (χ3v) is 6.61. The molecular formula is C32H36N4O3. The molecule has 0 saturated carbocycles. The van der Waals surface area contributed by atoms with Crippen molar-refractivity contribution in [1.82, 2.24) is 15.6 Å². The van der Waals surface area contributed by atoms with E-state index in [1.165, 1.54) is 0 Å². The molecule has 1 aromatic heterocycles. The van der Waals surface area contributed by atoms with Crippen LogP contribution in [0.5, 0.6) is 5.75 Å². The number of pyridine rings is 1. The van der Waals surface area contributed by atoms with Crippen LogP contribution < -0.4 is 16.4 Å². The Morgan fingerprint density at radius 1 is 0.923 bits per heavy atom. The van der Waals surface area contributed by atoms with Gasteiger partial charge in [0, 0.05) is 30.4 Å². The predicted octanol–water partition coefficient (Wildman–Crippen LogP) is 4.54. The van der Waals surface area contributed by atoms with Crippen LogP contribution >= 0.6 is 0 Å². The van der Waals surface area contributed by atoms with Gasteiger partial charge in [0.25, 0.3) is 0 Å². The minimum atomic E-state index is -0.684. The first-order chi connectivity index (χ1) is 18.7. The lowest BCUT2D eigenvalue weighted by atomic mass is 9.93. The van der Waals surface area contributed by atoms with E-state index in [1.54, 1.807) is 30.5 Å². The van der Waals surface area contributed by atoms with Gasteiger partial charge in [-0.05, 0) is 66.3 Å². The van der Waals surface area contributed by atoms with Crippen LogP contribution in [0.15, 0.2) is 91.1 Å². The summed E-state index contributed by atoms with van der Waals surface area (Å²) in [6.45, 7) is 5.02. The van der Waals surface area contributed by atoms with E-state index in [0.29, 0.717) is 30.9 Å². The number of amides is 1. The highest BCUT2D eigenvalue weighted by Crippen LogP contribution is 2.22. The molecule has 7 nitrogen and oxygen atoms in total. The summed E-state index contributed by atoms with van der Waals surface area (Å²) in [5.74, 6) is 0.632. The van der Waals surface area contributed by atoms with Gasteiger partial charge in [-0.1, -0.05) is 66.7 Å². The molecular weight excluding hydrogens is 488 g/mol. The normalized spacial score (nSPS) is 12.2. The van der Waals surface area contributed by atoms with E-state index in [9.17, 15) is 15.0 Å². The van der Waals surface area contributed by atoms with E-state index in [4.69, 9.17) is 5.73 Å². The molecule has 39 heavy (non-hydrogen) atoms. The topological polar surface area (TPSA) is 120 Å². The van der Waals surface area contributed by atoms with Gasteiger partial charge in [0.05, 0.1) is 12.5 Å². The van der Waals surface area contributed by atoms with Crippen molar-refractivity contribution in [3.8, 4) is 16.9 Å². The molecule has 0 aliphatic carbocycles. The first-order valence-corrected chi connectivity index (χ1v) is 13.0. The number of aliphatic hydroxyl groups excluding tert-OH is 1. The van der Waals surface area contributed by atoms with Crippen LogP contribution in [0.25, 0.3) is 11.1 Å². The monoisotopic (exact) mass is 524 g/mol. The Hall–Kier alpha value is -4.20. The number of nitrogens with two attached hydrogens (primary N) is 1. The molecule has 1 heterocycles. The molecule has 0 saturated heterocycles. The lowest BCUT2D eigenvalue weighted by Gasteiger charge is -2.28. The molecule has 1 atom stereocenters. The van der Waals surface area contributed by atoms with Crippen molar-refractivity contribution in [2.24, 2.45) is 0 Å². The van der Waals surface area contributed by atoms with Crippen LogP contribution in [0.4, 0.5) is 5.82 Å². The first-order valence-electron chi connectivity index (χ1n) is 13.0. The number of aromatic hydroxyl groups is 1. The van der Waals surface area contributed by atoms with Gasteiger partial charge in [0.2, 0.25) is 5.91 Å². The zero-order valence-electron chi connectivity index (χ0n) is 22.4. The molecule has 0 radical (unpaired) electrons. The summed E-state index contributed by atoms with van der Waals surface area (Å²) >= 11 is 0. The number of nitrogen functional groups attached to an aromatic ring is 1. The van der Waals surface area contributed by atoms with E-state index >= 15 is 0 Å². The molecule has 0 aliphatic rings. The maximum absolute atomic E-state index is 12.6. The number of hydrogen-bond acceptors (Lipinski definition) is 6. The maximum Gasteiger partial charge on any atom is 0.224 e. The fourth-order valence-corrected chi connectivity index (χ4v) is 4.44. The number of rotatable bonds is 11. The number of hydrogen-bond donors (Lipinski definition) is 5. The maximum atomic E-state index is 12.6. The van der Waals surface area contributed by atoms with Crippen LogP contribution in [-0.4, -0.2) is 33.2 Å². The quantitative estimate of drug-likeness (QED) is 0.196. The third-order valence-electron chi connectivity index (χ3n) is 6.61. The zero-order chi connectivity index (χ0) is 27.8. The number of phenolic OH excluding ortho intramolecular Hbond substituents is 1. The number of nitrogens with zero attached hydrogens (tertiary/aromatic N) is 1. The smallest absolute Gasteiger partial charge is 0.224 e. The summed E-state index contributed by atoms with van der Waals surface area (Å²) in [4.78, 5) is 16.7. The Balaban J connectivity index is 1.26. The first kappa shape index (κ1) is 27.8. The molecule has 0 fully saturated rings. The van der Waals surface area contributed by atoms with Crippen molar-refractivity contribution in [3.63, 3.8) is 0 Å². The minimum Gasteiger partial charge on any atom is -0.508 e. The number of aromatic nitrogens is 1. The number of phenols is 1. The Bertz CT molecular complexity index is 1370. The predicted molar refractivity (Wildman–Crippen MR) is 155 cm³/mol. The highest BCUT2D eigenvalue weighted by atomic mass is 16.3. The summed E-state index contributed by atoms with van der Waals surface area (Å²) < 4.78 is 0. The van der Waals surface area contributed by atoms with Gasteiger partial charge in [-0.3, -0.25) is 4.79 Å². The second-order valence-electron chi connectivity index (χ2n) is 10.5. The van der Waals surface area contributed by atoms with Crippen molar-refractivity contribution in [1.29, 1.82) is 0 Å². The Kier molecular flexibility index (Phi) is 8.96. The molecule has 0 unspecified atom stereocenters. The average Bonchev–Trinajstić information content (AvgIpc) is 2.92. The number of β-amino-alcohol motifs (C(OH)–C–C–N with tert-alkyl or cyclic N) is 1. The molecule has 4 aromatic rings. The summed E-state index contributed by atoms with van der Waals surface area (Å²) in [6.07, 6.45) is 1.95. The van der Waals surface area contributed by atoms with Gasteiger partial charge in [-0.2, -0.15) is 0 Å². The van der Waals surface area contributed by atoms with Crippen LogP contribution in [0.3, 0.4) is 0 Å². The van der Waals surface area contributed by atoms with Crippen molar-refractivity contribution in [2.75, 3.05) is 12.3 Å². The van der Waals surface area contributed by atoms with Crippen molar-refractivity contribution in [2.45, 2.75) is 44.9 Å². The molecule has 1 amide bonds. The van der Waals surface area contributed by atoms with Crippen molar-refractivity contribution >= 4 is 11.7 Å². The van der Waals surface area contributed by atoms with E-state index in [1.807, 2.05) is 48.5 Å². The largest absolute Gasteiger partial charge is 0.508 e. The third kappa shape index (κ3) is 8.40. The van der Waals surface area contributed by atoms with Crippen LogP contribution in [-0.2, 0) is 24.2 Å². The molecule has 0 aliphatic heterocycles. The Morgan fingerprint density at radius 2 is 1.59 bits per heavy atom. The lowest BCUT2D eigenvalue weighted by Crippen LogP contribution is -2.43. The summed E-state index contributed by atoms with van der Waals surface area (Å²) in [5.41, 5.74) is 11.2. The molecule has 4 rings (SSSR count). The molecule has 0 bridgehead atoms. The van der Waals surface area contributed by atoms with Crippen LogP contribution in [0.1, 0.15) is 42.2 Å². The number of nitrogens with one attached hydrogen (secondary N) is 2. The van der Waals surface area contributed by atoms with E-state index in [0.717, 1.165) is 34.2 Å². The fraction of sp³-hybridized carbons (Fsp3) is 0.250. The second-order valence-corrected chi connectivity index (χ2v) is 10.5. The SMILES string of the molecule is CC(C)(Cc1cccc(CC(=O)NCc2ccc(-c3ccc(O)cc3)cc2)c1)NC[C@H](O)c1ccc(N)nc1. The second kappa shape index (κ2) is 12.6. The van der Waals surface area contributed by atoms with Gasteiger partial charge >= 0.3 is 0 Å². The standard InChI is InChI=1S/C32H36N4O3/c1-32(2,36-21-29(38)27-12-15-30(33)34-20-27)18-24-5-3-4-23(16-24)17-31(39)35-19-22-6-8-25(9-7-22)26-10-13-28(37)14-11-26/h3-16,20,29,36-38H,17-19,21H2,1-2H3,(H2,33,34)(H,35,39)/t29-/m0/s1. The van der Waals surface area contributed by atoms with Crippen LogP contribution in [0, 0.1) is 0 Å². The number of carbonyl (C=O) groups excluding carboxylic acids is 1. The highest BCUT2D eigenvalue weighted by molar-refractivity contribution is 5.78. The molecule has 3 aromatic carbocycles. The van der Waals surface area contributed by atoms with Gasteiger partial charge in [-0.15, -0.1) is 0 Å². The summed E-state index contributed by atoms with van der Waals surface area (Å²) in [5, 5.41) is 26.4. The zero-order valence-corrected chi connectivity index (χ0v) is 22.4. The Labute approximate surface area is 229 Å². The lowest BCUT2D eigenvalue weighted by molar-refractivity contribution is -0.120. The fourth-order valence-electron chi connectivity index (χ4n) is 4.44. The average molecular weight is 525 g/mol. The van der Waals surface area contributed by atoms with E-state index in [2.05, 4.69) is 41.6 Å². The minimum absolute atomic E-state index is 0.0348. The van der Waals surface area contributed by atoms with Crippen molar-refractivity contribution in [3.05, 3.63) is 113 Å². The molecule has 202 valence electrons. The number of aliphatic hydroxyl groups is 1. The van der Waals surface area contributed by atoms with Gasteiger partial charge < -0.3 is 26.6 Å². The van der Waals surface area contributed by atoms with Gasteiger partial charge in [0.1, 0.15) is 11.6 Å². The summed E-state index contributed by atoms with van der Waals surface area (Å²) in [7, 11) is 0.